The zero-order valence-electron chi connectivity index (χ0n) is 12.5. The molecule has 1 aliphatic rings. The third kappa shape index (κ3) is 3.76. The average molecular weight is 302 g/mol. The highest BCUT2D eigenvalue weighted by Crippen LogP contribution is 2.28. The highest BCUT2D eigenvalue weighted by Gasteiger charge is 2.17. The Labute approximate surface area is 130 Å². The standard InChI is InChI=1S/C17H22N2OS/c1-2-18-11-14-10-13-6-3-4-8-16(13)19-17(14)21-12-15-7-5-9-20-15/h3-4,6,8,10,15,18H,2,5,7,9,11-12H2,1H3. The molecule has 0 aliphatic carbocycles. The van der Waals surface area contributed by atoms with Crippen LogP contribution < -0.4 is 5.32 Å². The summed E-state index contributed by atoms with van der Waals surface area (Å²) >= 11 is 1.83. The summed E-state index contributed by atoms with van der Waals surface area (Å²) in [7, 11) is 0. The predicted molar refractivity (Wildman–Crippen MR) is 88.8 cm³/mol. The zero-order chi connectivity index (χ0) is 14.5. The number of nitrogens with zero attached hydrogens (tertiary/aromatic N) is 1. The summed E-state index contributed by atoms with van der Waals surface area (Å²) in [6.07, 6.45) is 2.78. The van der Waals surface area contributed by atoms with Crippen molar-refractivity contribution in [3.63, 3.8) is 0 Å². The summed E-state index contributed by atoms with van der Waals surface area (Å²) < 4.78 is 5.72. The summed E-state index contributed by atoms with van der Waals surface area (Å²) in [5.74, 6) is 1.00. The van der Waals surface area contributed by atoms with Gasteiger partial charge in [0, 0.05) is 24.3 Å². The first-order chi connectivity index (χ1) is 10.4. The molecule has 2 heterocycles. The molecular weight excluding hydrogens is 280 g/mol. The Balaban J connectivity index is 1.82. The molecule has 112 valence electrons. The fourth-order valence-electron chi connectivity index (χ4n) is 2.60. The molecule has 0 bridgehead atoms. The van der Waals surface area contributed by atoms with Gasteiger partial charge in [-0.05, 0) is 37.1 Å². The second-order valence-corrected chi connectivity index (χ2v) is 6.38. The molecule has 2 aromatic rings. The van der Waals surface area contributed by atoms with Gasteiger partial charge in [0.15, 0.2) is 0 Å². The van der Waals surface area contributed by atoms with E-state index in [1.165, 1.54) is 23.8 Å². The van der Waals surface area contributed by atoms with E-state index in [0.29, 0.717) is 6.10 Å². The number of fused-ring (bicyclic) bond motifs is 1. The third-order valence-electron chi connectivity index (χ3n) is 3.76. The number of para-hydroxylation sites is 1. The number of aromatic nitrogens is 1. The van der Waals surface area contributed by atoms with Crippen molar-refractivity contribution in [3.05, 3.63) is 35.9 Å². The van der Waals surface area contributed by atoms with E-state index < -0.39 is 0 Å². The van der Waals surface area contributed by atoms with Crippen LogP contribution in [0.3, 0.4) is 0 Å². The Morgan fingerprint density at radius 1 is 1.38 bits per heavy atom. The van der Waals surface area contributed by atoms with Crippen LogP contribution in [0, 0.1) is 0 Å². The zero-order valence-corrected chi connectivity index (χ0v) is 13.3. The van der Waals surface area contributed by atoms with Crippen LogP contribution in [-0.4, -0.2) is 30.0 Å². The van der Waals surface area contributed by atoms with E-state index in [1.54, 1.807) is 0 Å². The molecule has 3 nitrogen and oxygen atoms in total. The first-order valence-corrected chi connectivity index (χ1v) is 8.69. The van der Waals surface area contributed by atoms with Gasteiger partial charge in [0.05, 0.1) is 11.6 Å². The van der Waals surface area contributed by atoms with Crippen LogP contribution in [0.1, 0.15) is 25.3 Å². The molecule has 1 unspecified atom stereocenters. The second-order valence-electron chi connectivity index (χ2n) is 5.37. The van der Waals surface area contributed by atoms with Gasteiger partial charge >= 0.3 is 0 Å². The molecule has 1 N–H and O–H groups in total. The van der Waals surface area contributed by atoms with Crippen molar-refractivity contribution >= 4 is 22.7 Å². The maximum Gasteiger partial charge on any atom is 0.101 e. The summed E-state index contributed by atoms with van der Waals surface area (Å²) in [5, 5.41) is 5.77. The molecule has 1 aliphatic heterocycles. The number of pyridine rings is 1. The monoisotopic (exact) mass is 302 g/mol. The minimum atomic E-state index is 0.398. The first-order valence-electron chi connectivity index (χ1n) is 7.70. The van der Waals surface area contributed by atoms with Crippen LogP contribution in [0.5, 0.6) is 0 Å². The number of nitrogens with one attached hydrogen (secondary N) is 1. The third-order valence-corrected chi connectivity index (χ3v) is 4.92. The van der Waals surface area contributed by atoms with E-state index in [1.807, 2.05) is 17.8 Å². The Hall–Kier alpha value is -1.10. The van der Waals surface area contributed by atoms with Crippen molar-refractivity contribution in [2.45, 2.75) is 37.4 Å². The minimum absolute atomic E-state index is 0.398. The number of ether oxygens (including phenoxy) is 1. The van der Waals surface area contributed by atoms with E-state index >= 15 is 0 Å². The summed E-state index contributed by atoms with van der Waals surface area (Å²) in [5.41, 5.74) is 2.37. The topological polar surface area (TPSA) is 34.2 Å². The highest BCUT2D eigenvalue weighted by atomic mass is 32.2. The smallest absolute Gasteiger partial charge is 0.101 e. The number of hydrogen-bond donors (Lipinski definition) is 1. The van der Waals surface area contributed by atoms with Gasteiger partial charge in [-0.25, -0.2) is 4.98 Å². The van der Waals surface area contributed by atoms with Gasteiger partial charge in [-0.15, -0.1) is 11.8 Å². The predicted octanol–water partition coefficient (Wildman–Crippen LogP) is 3.62. The van der Waals surface area contributed by atoms with Gasteiger partial charge in [0.1, 0.15) is 5.03 Å². The molecule has 1 atom stereocenters. The number of hydrogen-bond acceptors (Lipinski definition) is 4. The van der Waals surface area contributed by atoms with Crippen molar-refractivity contribution < 1.29 is 4.74 Å². The van der Waals surface area contributed by atoms with Gasteiger partial charge in [-0.3, -0.25) is 0 Å². The van der Waals surface area contributed by atoms with Gasteiger partial charge in [-0.2, -0.15) is 0 Å². The molecule has 1 saturated heterocycles. The van der Waals surface area contributed by atoms with Crippen LogP contribution >= 0.6 is 11.8 Å². The molecule has 0 spiro atoms. The second kappa shape index (κ2) is 7.25. The Kier molecular flexibility index (Phi) is 5.12. The first kappa shape index (κ1) is 14.8. The van der Waals surface area contributed by atoms with Gasteiger partial charge in [0.2, 0.25) is 0 Å². The Bertz CT molecular complexity index is 596. The highest BCUT2D eigenvalue weighted by molar-refractivity contribution is 7.99. The summed E-state index contributed by atoms with van der Waals surface area (Å²) in [6.45, 7) is 4.90. The lowest BCUT2D eigenvalue weighted by Gasteiger charge is -2.13. The average Bonchev–Trinajstić information content (AvgIpc) is 3.04. The van der Waals surface area contributed by atoms with Crippen LogP contribution in [0.25, 0.3) is 10.9 Å². The van der Waals surface area contributed by atoms with Crippen molar-refractivity contribution in [1.29, 1.82) is 0 Å². The molecule has 1 aromatic carbocycles. The largest absolute Gasteiger partial charge is 0.377 e. The molecule has 1 aromatic heterocycles. The lowest BCUT2D eigenvalue weighted by Crippen LogP contribution is -2.14. The fourth-order valence-corrected chi connectivity index (χ4v) is 3.69. The van der Waals surface area contributed by atoms with E-state index in [9.17, 15) is 0 Å². The number of benzene rings is 1. The van der Waals surface area contributed by atoms with E-state index in [4.69, 9.17) is 9.72 Å². The van der Waals surface area contributed by atoms with Crippen molar-refractivity contribution in [3.8, 4) is 0 Å². The number of rotatable bonds is 6. The molecular formula is C17H22N2OS. The Morgan fingerprint density at radius 2 is 2.29 bits per heavy atom. The van der Waals surface area contributed by atoms with E-state index in [-0.39, 0.29) is 0 Å². The summed E-state index contributed by atoms with van der Waals surface area (Å²) in [6, 6.07) is 10.6. The van der Waals surface area contributed by atoms with Gasteiger partial charge in [-0.1, -0.05) is 25.1 Å². The molecule has 4 heteroatoms. The van der Waals surface area contributed by atoms with Crippen LogP contribution in [0.15, 0.2) is 35.4 Å². The molecule has 21 heavy (non-hydrogen) atoms. The fraction of sp³-hybridized carbons (Fsp3) is 0.471. The molecule has 0 saturated carbocycles. The molecule has 0 radical (unpaired) electrons. The van der Waals surface area contributed by atoms with Crippen molar-refractivity contribution in [1.82, 2.24) is 10.3 Å². The van der Waals surface area contributed by atoms with Crippen LogP contribution in [0.2, 0.25) is 0 Å². The molecule has 0 amide bonds. The van der Waals surface area contributed by atoms with Crippen LogP contribution in [0.4, 0.5) is 0 Å². The molecule has 3 rings (SSSR count). The van der Waals surface area contributed by atoms with Gasteiger partial charge in [0.25, 0.3) is 0 Å². The lowest BCUT2D eigenvalue weighted by molar-refractivity contribution is 0.129. The Morgan fingerprint density at radius 3 is 3.10 bits per heavy atom. The summed E-state index contributed by atoms with van der Waals surface area (Å²) in [4.78, 5) is 4.86. The van der Waals surface area contributed by atoms with E-state index in [0.717, 1.165) is 36.0 Å². The quantitative estimate of drug-likeness (QED) is 0.827. The van der Waals surface area contributed by atoms with Gasteiger partial charge < -0.3 is 10.1 Å². The minimum Gasteiger partial charge on any atom is -0.377 e. The van der Waals surface area contributed by atoms with Crippen LogP contribution in [-0.2, 0) is 11.3 Å². The maximum atomic E-state index is 5.72. The number of thioether (sulfide) groups is 1. The maximum absolute atomic E-state index is 5.72. The van der Waals surface area contributed by atoms with Crippen molar-refractivity contribution in [2.75, 3.05) is 18.9 Å². The van der Waals surface area contributed by atoms with Crippen molar-refractivity contribution in [2.24, 2.45) is 0 Å². The van der Waals surface area contributed by atoms with E-state index in [2.05, 4.69) is 36.5 Å². The lowest BCUT2D eigenvalue weighted by atomic mass is 10.1. The normalized spacial score (nSPS) is 18.4. The molecule has 1 fully saturated rings. The SMILES string of the molecule is CCNCc1cc2ccccc2nc1SCC1CCCO1.